The molecule has 110 valence electrons. The largest absolute Gasteiger partial charge is 0.368 e. The van der Waals surface area contributed by atoms with Crippen LogP contribution in [0.15, 0.2) is 18.2 Å². The van der Waals surface area contributed by atoms with E-state index in [0.717, 1.165) is 13.1 Å². The van der Waals surface area contributed by atoms with Gasteiger partial charge in [-0.25, -0.2) is 0 Å². The minimum Gasteiger partial charge on any atom is -0.368 e. The standard InChI is InChI=1S/C17H27N3/c1-13(2)20-12-15(11-19-9-7-18-8-10-19)17-14(3)5-4-6-16(17)20/h4-6,13,15,18H,7-12H2,1-3H3. The molecular weight excluding hydrogens is 246 g/mol. The molecule has 1 aromatic carbocycles. The molecule has 1 aromatic rings. The Labute approximate surface area is 123 Å². The number of rotatable bonds is 3. The second-order valence-electron chi connectivity index (χ2n) is 6.50. The highest BCUT2D eigenvalue weighted by Crippen LogP contribution is 2.39. The maximum absolute atomic E-state index is 3.45. The van der Waals surface area contributed by atoms with Gasteiger partial charge >= 0.3 is 0 Å². The summed E-state index contributed by atoms with van der Waals surface area (Å²) in [4.78, 5) is 5.20. The van der Waals surface area contributed by atoms with Crippen molar-refractivity contribution in [2.45, 2.75) is 32.7 Å². The summed E-state index contributed by atoms with van der Waals surface area (Å²) in [6.45, 7) is 13.9. The van der Waals surface area contributed by atoms with E-state index in [0.29, 0.717) is 12.0 Å². The van der Waals surface area contributed by atoms with E-state index < -0.39 is 0 Å². The summed E-state index contributed by atoms with van der Waals surface area (Å²) in [7, 11) is 0. The van der Waals surface area contributed by atoms with Gasteiger partial charge in [0.1, 0.15) is 0 Å². The highest BCUT2D eigenvalue weighted by atomic mass is 15.2. The predicted molar refractivity (Wildman–Crippen MR) is 85.7 cm³/mol. The van der Waals surface area contributed by atoms with Crippen LogP contribution in [0.4, 0.5) is 5.69 Å². The van der Waals surface area contributed by atoms with E-state index in [9.17, 15) is 0 Å². The van der Waals surface area contributed by atoms with Crippen LogP contribution >= 0.6 is 0 Å². The Hall–Kier alpha value is -1.06. The fourth-order valence-electron chi connectivity index (χ4n) is 3.72. The molecule has 0 aromatic heterocycles. The van der Waals surface area contributed by atoms with Crippen LogP contribution in [0.5, 0.6) is 0 Å². The van der Waals surface area contributed by atoms with Gasteiger partial charge in [-0.15, -0.1) is 0 Å². The van der Waals surface area contributed by atoms with Crippen LogP contribution in [0, 0.1) is 6.92 Å². The summed E-state index contributed by atoms with van der Waals surface area (Å²) in [5, 5.41) is 3.45. The van der Waals surface area contributed by atoms with E-state index in [1.165, 1.54) is 37.4 Å². The molecule has 20 heavy (non-hydrogen) atoms. The lowest BCUT2D eigenvalue weighted by molar-refractivity contribution is 0.229. The van der Waals surface area contributed by atoms with E-state index in [1.54, 1.807) is 5.56 Å². The van der Waals surface area contributed by atoms with Crippen molar-refractivity contribution in [1.29, 1.82) is 0 Å². The minimum absolute atomic E-state index is 0.587. The molecule has 3 nitrogen and oxygen atoms in total. The van der Waals surface area contributed by atoms with E-state index >= 15 is 0 Å². The van der Waals surface area contributed by atoms with E-state index in [1.807, 2.05) is 0 Å². The molecule has 0 bridgehead atoms. The van der Waals surface area contributed by atoms with Crippen molar-refractivity contribution in [1.82, 2.24) is 10.2 Å². The molecule has 3 heteroatoms. The molecular formula is C17H27N3. The van der Waals surface area contributed by atoms with Crippen LogP contribution in [-0.4, -0.2) is 50.2 Å². The van der Waals surface area contributed by atoms with E-state index in [4.69, 9.17) is 0 Å². The van der Waals surface area contributed by atoms with Crippen molar-refractivity contribution in [3.8, 4) is 0 Å². The van der Waals surface area contributed by atoms with Gasteiger partial charge < -0.3 is 15.1 Å². The van der Waals surface area contributed by atoms with Crippen LogP contribution in [0.2, 0.25) is 0 Å². The molecule has 1 saturated heterocycles. The highest BCUT2D eigenvalue weighted by Gasteiger charge is 2.32. The van der Waals surface area contributed by atoms with Crippen molar-refractivity contribution in [2.75, 3.05) is 44.2 Å². The van der Waals surface area contributed by atoms with Crippen LogP contribution < -0.4 is 10.2 Å². The molecule has 2 heterocycles. The summed E-state index contributed by atoms with van der Waals surface area (Å²) < 4.78 is 0. The van der Waals surface area contributed by atoms with Crippen molar-refractivity contribution in [2.24, 2.45) is 0 Å². The Morgan fingerprint density at radius 1 is 1.25 bits per heavy atom. The molecule has 0 aliphatic carbocycles. The first-order valence-corrected chi connectivity index (χ1v) is 7.96. The molecule has 1 fully saturated rings. The molecule has 1 N–H and O–H groups in total. The molecule has 0 amide bonds. The number of hydrogen-bond donors (Lipinski definition) is 1. The molecule has 2 aliphatic heterocycles. The second kappa shape index (κ2) is 5.74. The molecule has 0 spiro atoms. The van der Waals surface area contributed by atoms with Crippen LogP contribution in [-0.2, 0) is 0 Å². The van der Waals surface area contributed by atoms with Gasteiger partial charge in [0.05, 0.1) is 0 Å². The number of anilines is 1. The quantitative estimate of drug-likeness (QED) is 0.911. The van der Waals surface area contributed by atoms with Gasteiger partial charge in [0.25, 0.3) is 0 Å². The summed E-state index contributed by atoms with van der Waals surface area (Å²) in [5.41, 5.74) is 4.53. The fraction of sp³-hybridized carbons (Fsp3) is 0.647. The van der Waals surface area contributed by atoms with Crippen molar-refractivity contribution >= 4 is 5.69 Å². The van der Waals surface area contributed by atoms with Crippen molar-refractivity contribution < 1.29 is 0 Å². The topological polar surface area (TPSA) is 18.5 Å². The number of nitrogens with one attached hydrogen (secondary N) is 1. The van der Waals surface area contributed by atoms with Gasteiger partial charge in [0.2, 0.25) is 0 Å². The van der Waals surface area contributed by atoms with Crippen LogP contribution in [0.1, 0.15) is 30.9 Å². The van der Waals surface area contributed by atoms with Crippen molar-refractivity contribution in [3.05, 3.63) is 29.3 Å². The zero-order valence-electron chi connectivity index (χ0n) is 13.0. The second-order valence-corrected chi connectivity index (χ2v) is 6.50. The smallest absolute Gasteiger partial charge is 0.0407 e. The maximum atomic E-state index is 3.45. The fourth-order valence-corrected chi connectivity index (χ4v) is 3.72. The maximum Gasteiger partial charge on any atom is 0.0407 e. The molecule has 1 unspecified atom stereocenters. The molecule has 3 rings (SSSR count). The van der Waals surface area contributed by atoms with Gasteiger partial charge in [0.15, 0.2) is 0 Å². The average Bonchev–Trinajstić information content (AvgIpc) is 2.80. The summed E-state index contributed by atoms with van der Waals surface area (Å²) in [5.74, 6) is 0.673. The third-order valence-corrected chi connectivity index (χ3v) is 4.75. The molecule has 1 atom stereocenters. The summed E-state index contributed by atoms with van der Waals surface area (Å²) in [6.07, 6.45) is 0. The van der Waals surface area contributed by atoms with Crippen LogP contribution in [0.25, 0.3) is 0 Å². The van der Waals surface area contributed by atoms with E-state index in [-0.39, 0.29) is 0 Å². The lowest BCUT2D eigenvalue weighted by atomic mass is 9.96. The Bertz CT molecular complexity index is 463. The third kappa shape index (κ3) is 2.57. The minimum atomic E-state index is 0.587. The van der Waals surface area contributed by atoms with Gasteiger partial charge in [-0.3, -0.25) is 0 Å². The molecule has 0 saturated carbocycles. The first-order chi connectivity index (χ1) is 9.66. The number of hydrogen-bond acceptors (Lipinski definition) is 3. The van der Waals surface area contributed by atoms with E-state index in [2.05, 4.69) is 54.1 Å². The number of piperazine rings is 1. The zero-order valence-corrected chi connectivity index (χ0v) is 13.0. The molecule has 0 radical (unpaired) electrons. The lowest BCUT2D eigenvalue weighted by Gasteiger charge is -2.30. The van der Waals surface area contributed by atoms with Gasteiger partial charge in [-0.05, 0) is 38.0 Å². The van der Waals surface area contributed by atoms with Gasteiger partial charge in [-0.2, -0.15) is 0 Å². The average molecular weight is 273 g/mol. The molecule has 2 aliphatic rings. The number of benzene rings is 1. The summed E-state index contributed by atoms with van der Waals surface area (Å²) in [6, 6.07) is 7.37. The Balaban J connectivity index is 1.83. The predicted octanol–water partition coefficient (Wildman–Crippen LogP) is 2.21. The summed E-state index contributed by atoms with van der Waals surface area (Å²) >= 11 is 0. The lowest BCUT2D eigenvalue weighted by Crippen LogP contribution is -2.45. The number of fused-ring (bicyclic) bond motifs is 1. The monoisotopic (exact) mass is 273 g/mol. The Kier molecular flexibility index (Phi) is 3.99. The van der Waals surface area contributed by atoms with Crippen molar-refractivity contribution in [3.63, 3.8) is 0 Å². The highest BCUT2D eigenvalue weighted by molar-refractivity contribution is 5.63. The SMILES string of the molecule is Cc1cccc2c1C(CN1CCNCC1)CN2C(C)C. The zero-order chi connectivity index (χ0) is 14.1. The van der Waals surface area contributed by atoms with Crippen LogP contribution in [0.3, 0.4) is 0 Å². The third-order valence-electron chi connectivity index (χ3n) is 4.75. The van der Waals surface area contributed by atoms with Gasteiger partial charge in [0, 0.05) is 56.9 Å². The first-order valence-electron chi connectivity index (χ1n) is 7.96. The first kappa shape index (κ1) is 13.9. The van der Waals surface area contributed by atoms with Gasteiger partial charge in [-0.1, -0.05) is 12.1 Å². The normalized spacial score (nSPS) is 23.4. The Morgan fingerprint density at radius 3 is 2.70 bits per heavy atom. The number of aryl methyl sites for hydroxylation is 1. The number of nitrogens with zero attached hydrogens (tertiary/aromatic N) is 2. The Morgan fingerprint density at radius 2 is 2.00 bits per heavy atom.